The molecule has 1 saturated carbocycles. The molecule has 2 bridgehead atoms. The van der Waals surface area contributed by atoms with Crippen molar-refractivity contribution < 1.29 is 19.1 Å². The Balaban J connectivity index is 1.06. The molecule has 1 aliphatic carbocycles. The van der Waals surface area contributed by atoms with Crippen LogP contribution in [0.25, 0.3) is 0 Å². The van der Waals surface area contributed by atoms with E-state index in [-0.39, 0.29) is 23.8 Å². The zero-order valence-electron chi connectivity index (χ0n) is 28.6. The summed E-state index contributed by atoms with van der Waals surface area (Å²) in [5.74, 6) is -1.10. The Morgan fingerprint density at radius 3 is 2.48 bits per heavy atom. The van der Waals surface area contributed by atoms with Gasteiger partial charge in [-0.1, -0.05) is 81.3 Å². The van der Waals surface area contributed by atoms with E-state index in [2.05, 4.69) is 64.6 Å². The lowest BCUT2D eigenvalue weighted by atomic mass is 9.73. The summed E-state index contributed by atoms with van der Waals surface area (Å²) in [6, 6.07) is 17.5. The Kier molecular flexibility index (Phi) is 9.46. The van der Waals surface area contributed by atoms with Crippen molar-refractivity contribution in [2.45, 2.75) is 76.8 Å². The minimum atomic E-state index is -1.15. The number of benzene rings is 2. The molecular formula is C39H51N5O4. The molecule has 256 valence electrons. The third kappa shape index (κ3) is 6.32. The Morgan fingerprint density at radius 1 is 0.938 bits per heavy atom. The highest BCUT2D eigenvalue weighted by Crippen LogP contribution is 2.55. The summed E-state index contributed by atoms with van der Waals surface area (Å²) >= 11 is 0. The van der Waals surface area contributed by atoms with Gasteiger partial charge in [0.15, 0.2) is 0 Å². The number of ether oxygens (including phenoxy) is 1. The summed E-state index contributed by atoms with van der Waals surface area (Å²) < 4.78 is 6.60. The number of piperazine rings is 1. The molecule has 2 aromatic rings. The molecule has 0 radical (unpaired) electrons. The molecule has 7 rings (SSSR count). The fraction of sp³-hybridized carbons (Fsp3) is 0.564. The van der Waals surface area contributed by atoms with Gasteiger partial charge in [0.05, 0.1) is 17.9 Å². The van der Waals surface area contributed by atoms with Gasteiger partial charge in [-0.3, -0.25) is 19.3 Å². The number of amides is 3. The number of carbonyl (C=O) groups excluding carboxylic acids is 3. The molecule has 9 nitrogen and oxygen atoms in total. The summed E-state index contributed by atoms with van der Waals surface area (Å²) in [6.45, 7) is 12.7. The molecule has 0 aromatic heterocycles. The number of aryl methyl sites for hydroxylation is 1. The zero-order valence-corrected chi connectivity index (χ0v) is 28.6. The third-order valence-electron chi connectivity index (χ3n) is 11.8. The smallest absolute Gasteiger partial charge is 0.246 e. The van der Waals surface area contributed by atoms with Gasteiger partial charge in [-0.15, -0.1) is 0 Å². The van der Waals surface area contributed by atoms with Crippen LogP contribution in [-0.2, 0) is 25.7 Å². The lowest BCUT2D eigenvalue weighted by Crippen LogP contribution is -2.58. The van der Waals surface area contributed by atoms with E-state index in [9.17, 15) is 14.4 Å². The van der Waals surface area contributed by atoms with Crippen LogP contribution >= 0.6 is 0 Å². The van der Waals surface area contributed by atoms with Crippen molar-refractivity contribution in [2.24, 2.45) is 23.7 Å². The lowest BCUT2D eigenvalue weighted by Gasteiger charge is -2.38. The van der Waals surface area contributed by atoms with Crippen LogP contribution in [0.15, 0.2) is 66.7 Å². The van der Waals surface area contributed by atoms with Gasteiger partial charge in [0, 0.05) is 51.0 Å². The molecule has 4 fully saturated rings. The first-order chi connectivity index (χ1) is 23.2. The number of rotatable bonds is 10. The SMILES string of the molecule is Cc1cccc(NC(=O)[C@H]2[C@H]3C=C[C@@]4(O3)[C@H]2C(=O)N(CCCN2CCN(Cc3ccccc3)CC2)[C@@H]4C(=O)N[C@@H]2CCC[C@H](C)[C@@H]2C)c1. The van der Waals surface area contributed by atoms with Gasteiger partial charge in [-0.25, -0.2) is 0 Å². The van der Waals surface area contributed by atoms with Crippen molar-refractivity contribution in [2.75, 3.05) is 44.6 Å². The molecule has 9 heteroatoms. The third-order valence-corrected chi connectivity index (χ3v) is 11.8. The highest BCUT2D eigenvalue weighted by atomic mass is 16.5. The minimum absolute atomic E-state index is 0.0591. The van der Waals surface area contributed by atoms with E-state index in [1.54, 1.807) is 4.90 Å². The quantitative estimate of drug-likeness (QED) is 0.373. The molecule has 48 heavy (non-hydrogen) atoms. The highest BCUT2D eigenvalue weighted by molar-refractivity contribution is 6.02. The second kappa shape index (κ2) is 13.8. The Labute approximate surface area is 285 Å². The number of nitrogens with zero attached hydrogens (tertiary/aromatic N) is 3. The van der Waals surface area contributed by atoms with Gasteiger partial charge in [0.25, 0.3) is 0 Å². The number of likely N-dealkylation sites (tertiary alicyclic amines) is 1. The van der Waals surface area contributed by atoms with E-state index in [1.165, 1.54) is 12.0 Å². The second-order valence-corrected chi connectivity index (χ2v) is 14.9. The number of nitrogens with one attached hydrogen (secondary N) is 2. The summed E-state index contributed by atoms with van der Waals surface area (Å²) in [5.41, 5.74) is 1.92. The van der Waals surface area contributed by atoms with Crippen molar-refractivity contribution in [3.05, 3.63) is 77.9 Å². The van der Waals surface area contributed by atoms with Crippen LogP contribution in [0.3, 0.4) is 0 Å². The van der Waals surface area contributed by atoms with Crippen LogP contribution in [0, 0.1) is 30.6 Å². The van der Waals surface area contributed by atoms with Crippen molar-refractivity contribution in [1.82, 2.24) is 20.0 Å². The predicted octanol–water partition coefficient (Wildman–Crippen LogP) is 4.23. The maximum absolute atomic E-state index is 14.4. The fourth-order valence-corrected chi connectivity index (χ4v) is 8.98. The normalized spacial score (nSPS) is 33.2. The van der Waals surface area contributed by atoms with Crippen LogP contribution in [0.2, 0.25) is 0 Å². The van der Waals surface area contributed by atoms with Gasteiger partial charge in [-0.2, -0.15) is 0 Å². The van der Waals surface area contributed by atoms with Gasteiger partial charge in [0.1, 0.15) is 11.6 Å². The minimum Gasteiger partial charge on any atom is -0.359 e. The van der Waals surface area contributed by atoms with E-state index in [4.69, 9.17) is 4.74 Å². The second-order valence-electron chi connectivity index (χ2n) is 14.9. The lowest BCUT2D eigenvalue weighted by molar-refractivity contribution is -0.141. The number of fused-ring (bicyclic) bond motifs is 1. The molecule has 3 amide bonds. The first kappa shape index (κ1) is 33.0. The first-order valence-corrected chi connectivity index (χ1v) is 18.1. The molecular weight excluding hydrogens is 602 g/mol. The van der Waals surface area contributed by atoms with Crippen LogP contribution in [0.5, 0.6) is 0 Å². The molecule has 5 aliphatic rings. The zero-order chi connectivity index (χ0) is 33.4. The van der Waals surface area contributed by atoms with Crippen LogP contribution in [0.1, 0.15) is 50.7 Å². The van der Waals surface area contributed by atoms with E-state index in [0.29, 0.717) is 24.1 Å². The molecule has 0 unspecified atom stereocenters. The molecule has 8 atom stereocenters. The van der Waals surface area contributed by atoms with Gasteiger partial charge < -0.3 is 25.2 Å². The Morgan fingerprint density at radius 2 is 1.71 bits per heavy atom. The topological polar surface area (TPSA) is 94.2 Å². The van der Waals surface area contributed by atoms with Gasteiger partial charge in [0.2, 0.25) is 17.7 Å². The monoisotopic (exact) mass is 653 g/mol. The summed E-state index contributed by atoms with van der Waals surface area (Å²) in [7, 11) is 0. The first-order valence-electron chi connectivity index (χ1n) is 18.1. The number of anilines is 1. The predicted molar refractivity (Wildman–Crippen MR) is 186 cm³/mol. The van der Waals surface area contributed by atoms with Crippen LogP contribution in [-0.4, -0.2) is 95.5 Å². The standard InChI is InChI=1S/C39H51N5O4/c1-26-10-7-14-30(24-26)40-36(45)33-32-16-17-39(48-32)34(33)38(47)44(35(39)37(46)41-31-15-8-11-27(2)28(31)3)19-9-18-42-20-22-43(23-21-42)25-29-12-5-4-6-13-29/h4-7,10,12-14,16-17,24,27-28,31-35H,8-9,11,15,18-23,25H2,1-3H3,(H,40,45)(H,41,46)/t27-,28-,31+,32+,33-,34+,35+,39+/m0/s1. The van der Waals surface area contributed by atoms with Crippen LogP contribution in [0.4, 0.5) is 5.69 Å². The van der Waals surface area contributed by atoms with Crippen molar-refractivity contribution in [3.63, 3.8) is 0 Å². The Bertz CT molecular complexity index is 1520. The fourth-order valence-electron chi connectivity index (χ4n) is 8.98. The molecule has 4 heterocycles. The van der Waals surface area contributed by atoms with Crippen molar-refractivity contribution >= 4 is 23.4 Å². The van der Waals surface area contributed by atoms with E-state index in [0.717, 1.165) is 64.1 Å². The average Bonchev–Trinajstić information content (AvgIpc) is 3.72. The summed E-state index contributed by atoms with van der Waals surface area (Å²) in [6.07, 6.45) is 7.21. The molecule has 4 aliphatic heterocycles. The Hall–Kier alpha value is -3.53. The van der Waals surface area contributed by atoms with Gasteiger partial charge in [-0.05, 0) is 61.4 Å². The van der Waals surface area contributed by atoms with Crippen LogP contribution < -0.4 is 10.6 Å². The summed E-state index contributed by atoms with van der Waals surface area (Å²) in [5, 5.41) is 6.42. The molecule has 2 aromatic carbocycles. The maximum atomic E-state index is 14.4. The van der Waals surface area contributed by atoms with E-state index in [1.807, 2.05) is 43.3 Å². The van der Waals surface area contributed by atoms with Crippen molar-refractivity contribution in [3.8, 4) is 0 Å². The largest absolute Gasteiger partial charge is 0.359 e. The summed E-state index contributed by atoms with van der Waals surface area (Å²) in [4.78, 5) is 49.4. The maximum Gasteiger partial charge on any atom is 0.246 e. The molecule has 3 saturated heterocycles. The van der Waals surface area contributed by atoms with Gasteiger partial charge >= 0.3 is 0 Å². The number of carbonyl (C=O) groups is 3. The molecule has 1 spiro atoms. The number of hydrogen-bond acceptors (Lipinski definition) is 6. The number of hydrogen-bond donors (Lipinski definition) is 2. The highest BCUT2D eigenvalue weighted by Gasteiger charge is 2.72. The molecule has 2 N–H and O–H groups in total. The van der Waals surface area contributed by atoms with E-state index < -0.39 is 29.6 Å². The average molecular weight is 654 g/mol. The van der Waals surface area contributed by atoms with Crippen molar-refractivity contribution in [1.29, 1.82) is 0 Å². The van der Waals surface area contributed by atoms with E-state index >= 15 is 0 Å².